The van der Waals surface area contributed by atoms with E-state index in [-0.39, 0.29) is 0 Å². The van der Waals surface area contributed by atoms with E-state index in [2.05, 4.69) is 6.92 Å². The first-order chi connectivity index (χ1) is 15.7. The van der Waals surface area contributed by atoms with Gasteiger partial charge >= 0.3 is 194 Å². The fourth-order valence-corrected chi connectivity index (χ4v) is 11.0. The topological polar surface area (TPSA) is 37.3 Å². The van der Waals surface area contributed by atoms with Gasteiger partial charge in [0.2, 0.25) is 0 Å². The van der Waals surface area contributed by atoms with Gasteiger partial charge in [-0.05, 0) is 0 Å². The average molecular weight is 449 g/mol. The molecule has 0 aromatic heterocycles. The van der Waals surface area contributed by atoms with E-state index in [1.165, 1.54) is 38.5 Å². The van der Waals surface area contributed by atoms with Crippen LogP contribution in [-0.2, 0) is 0 Å². The third-order valence-electron chi connectivity index (χ3n) is 6.86. The fraction of sp³-hybridized carbons (Fsp3) is 0.345. The quantitative estimate of drug-likeness (QED) is 0.219. The van der Waals surface area contributed by atoms with E-state index < -0.39 is 12.3 Å². The van der Waals surface area contributed by atoms with Gasteiger partial charge in [0.05, 0.1) is 0 Å². The number of hydrogen-bond donors (Lipinski definition) is 1. The van der Waals surface area contributed by atoms with Crippen LogP contribution in [0, 0.1) is 0 Å². The summed E-state index contributed by atoms with van der Waals surface area (Å²) < 4.78 is 0. The van der Waals surface area contributed by atoms with Gasteiger partial charge in [-0.2, -0.15) is 0 Å². The standard InChI is InChI=1S/C29H37O2P/c1-2-3-4-5-6-7-8-18-25-32(29(30)31,26-19-12-9-13-20-26,27-21-14-10-15-22-27)28-23-16-11-17-24-28/h9-17,19-24H,2-8,18,25H2,1H3,(H,30,31). The van der Waals surface area contributed by atoms with Crippen LogP contribution < -0.4 is 15.9 Å². The number of hydrogen-bond acceptors (Lipinski definition) is 1. The van der Waals surface area contributed by atoms with Gasteiger partial charge < -0.3 is 0 Å². The third-order valence-corrected chi connectivity index (χ3v) is 13.2. The van der Waals surface area contributed by atoms with E-state index >= 15 is 0 Å². The second-order valence-electron chi connectivity index (χ2n) is 8.79. The van der Waals surface area contributed by atoms with E-state index in [4.69, 9.17) is 0 Å². The van der Waals surface area contributed by atoms with Crippen LogP contribution in [0.2, 0.25) is 0 Å². The molecule has 0 amide bonds. The zero-order valence-electron chi connectivity index (χ0n) is 19.3. The number of carboxylic acid groups (broad SMARTS) is 1. The Hall–Kier alpha value is -2.44. The van der Waals surface area contributed by atoms with Crippen molar-refractivity contribution < 1.29 is 9.90 Å². The SMILES string of the molecule is CCCCCCCCCCP(C(=O)O)(c1ccccc1)(c1ccccc1)c1ccccc1. The van der Waals surface area contributed by atoms with Gasteiger partial charge in [-0.3, -0.25) is 0 Å². The van der Waals surface area contributed by atoms with Crippen molar-refractivity contribution in [3.05, 3.63) is 91.0 Å². The molecule has 0 fully saturated rings. The summed E-state index contributed by atoms with van der Waals surface area (Å²) in [6, 6.07) is 30.1. The van der Waals surface area contributed by atoms with Crippen LogP contribution in [0.1, 0.15) is 58.3 Å². The molecule has 3 heteroatoms. The Bertz CT molecular complexity index is 855. The molecule has 3 aromatic carbocycles. The van der Waals surface area contributed by atoms with Crippen molar-refractivity contribution in [2.75, 3.05) is 6.16 Å². The minimum absolute atomic E-state index is 0.661. The van der Waals surface area contributed by atoms with Crippen molar-refractivity contribution in [1.82, 2.24) is 0 Å². The summed E-state index contributed by atoms with van der Waals surface area (Å²) in [5.41, 5.74) is -0.678. The molecule has 0 unspecified atom stereocenters. The molecule has 0 radical (unpaired) electrons. The van der Waals surface area contributed by atoms with Gasteiger partial charge in [0.25, 0.3) is 0 Å². The zero-order valence-corrected chi connectivity index (χ0v) is 20.2. The molecule has 0 atom stereocenters. The second kappa shape index (κ2) is 11.4. The Morgan fingerprint density at radius 2 is 0.938 bits per heavy atom. The van der Waals surface area contributed by atoms with Crippen molar-refractivity contribution in [3.8, 4) is 0 Å². The van der Waals surface area contributed by atoms with Gasteiger partial charge in [-0.15, -0.1) is 0 Å². The van der Waals surface area contributed by atoms with Crippen molar-refractivity contribution in [3.63, 3.8) is 0 Å². The maximum absolute atomic E-state index is 13.6. The molecule has 0 saturated carbocycles. The number of rotatable bonds is 13. The first-order valence-electron chi connectivity index (χ1n) is 12.1. The molecule has 0 saturated heterocycles. The number of unbranched alkanes of at least 4 members (excludes halogenated alkanes) is 7. The summed E-state index contributed by atoms with van der Waals surface area (Å²) in [6.45, 7) is -1.49. The minimum atomic E-state index is -3.74. The van der Waals surface area contributed by atoms with Crippen molar-refractivity contribution in [1.29, 1.82) is 0 Å². The molecule has 3 rings (SSSR count). The summed E-state index contributed by atoms with van der Waals surface area (Å²) in [5.74, 6) is 0. The zero-order chi connectivity index (χ0) is 22.7. The Kier molecular flexibility index (Phi) is 8.65. The summed E-state index contributed by atoms with van der Waals surface area (Å²) in [5, 5.41) is 14.0. The predicted octanol–water partition coefficient (Wildman–Crippen LogP) is 7.33. The van der Waals surface area contributed by atoms with Crippen LogP contribution in [0.25, 0.3) is 0 Å². The van der Waals surface area contributed by atoms with Gasteiger partial charge in [0.1, 0.15) is 0 Å². The fourth-order valence-electron chi connectivity index (χ4n) is 5.09. The first kappa shape index (κ1) is 24.2. The van der Waals surface area contributed by atoms with Crippen LogP contribution in [0.4, 0.5) is 4.79 Å². The molecule has 1 N–H and O–H groups in total. The summed E-state index contributed by atoms with van der Waals surface area (Å²) in [7, 11) is 0. The second-order valence-corrected chi connectivity index (χ2v) is 13.8. The predicted molar refractivity (Wildman–Crippen MR) is 141 cm³/mol. The molecule has 32 heavy (non-hydrogen) atoms. The monoisotopic (exact) mass is 448 g/mol. The molecule has 0 aliphatic rings. The van der Waals surface area contributed by atoms with Gasteiger partial charge in [0, 0.05) is 0 Å². The molecule has 0 heterocycles. The molecule has 0 spiro atoms. The van der Waals surface area contributed by atoms with Gasteiger partial charge in [-0.1, -0.05) is 0 Å². The number of benzene rings is 3. The third kappa shape index (κ3) is 4.52. The van der Waals surface area contributed by atoms with Crippen LogP contribution in [0.15, 0.2) is 91.0 Å². The van der Waals surface area contributed by atoms with Crippen LogP contribution >= 0.6 is 6.60 Å². The number of carbonyl (C=O) groups is 1. The first-order valence-corrected chi connectivity index (χ1v) is 14.5. The molecular formula is C29H37O2P. The summed E-state index contributed by atoms with van der Waals surface area (Å²) in [4.78, 5) is 13.6. The average Bonchev–Trinajstić information content (AvgIpc) is 2.85. The van der Waals surface area contributed by atoms with Crippen molar-refractivity contribution >= 4 is 28.2 Å². The van der Waals surface area contributed by atoms with Gasteiger partial charge in [0.15, 0.2) is 0 Å². The Morgan fingerprint density at radius 3 is 1.28 bits per heavy atom. The molecule has 3 aromatic rings. The molecule has 0 aliphatic heterocycles. The summed E-state index contributed by atoms with van der Waals surface area (Å²) in [6.07, 6.45) is 10.2. The maximum atomic E-state index is 13.6. The van der Waals surface area contributed by atoms with E-state index in [0.29, 0.717) is 6.16 Å². The van der Waals surface area contributed by atoms with E-state index in [9.17, 15) is 9.90 Å². The van der Waals surface area contributed by atoms with Crippen LogP contribution in [-0.4, -0.2) is 17.0 Å². The molecule has 0 bridgehead atoms. The van der Waals surface area contributed by atoms with Crippen LogP contribution in [0.5, 0.6) is 0 Å². The van der Waals surface area contributed by atoms with Crippen molar-refractivity contribution in [2.45, 2.75) is 58.3 Å². The Balaban J connectivity index is 2.06. The molecule has 0 aliphatic carbocycles. The summed E-state index contributed by atoms with van der Waals surface area (Å²) >= 11 is 0. The van der Waals surface area contributed by atoms with E-state index in [1.54, 1.807) is 0 Å². The van der Waals surface area contributed by atoms with E-state index in [0.717, 1.165) is 28.8 Å². The normalized spacial score (nSPS) is 12.7. The Morgan fingerprint density at radius 1 is 0.594 bits per heavy atom. The van der Waals surface area contributed by atoms with E-state index in [1.807, 2.05) is 91.0 Å². The van der Waals surface area contributed by atoms with Crippen LogP contribution in [0.3, 0.4) is 0 Å². The molecular weight excluding hydrogens is 411 g/mol. The Labute approximate surface area is 193 Å². The molecule has 2 nitrogen and oxygen atoms in total. The molecule has 170 valence electrons. The van der Waals surface area contributed by atoms with Gasteiger partial charge in [-0.25, -0.2) is 0 Å². The van der Waals surface area contributed by atoms with Crippen molar-refractivity contribution in [2.24, 2.45) is 0 Å².